The molecule has 3 rings (SSSR count). The molecule has 0 fully saturated rings. The van der Waals surface area contributed by atoms with Crippen LogP contribution in [0.4, 0.5) is 8.78 Å². The Hall–Kier alpha value is -2.48. The van der Waals surface area contributed by atoms with Gasteiger partial charge in [0.25, 0.3) is 0 Å². The van der Waals surface area contributed by atoms with E-state index in [-0.39, 0.29) is 11.6 Å². The summed E-state index contributed by atoms with van der Waals surface area (Å²) >= 11 is 0. The maximum absolute atomic E-state index is 12.3. The number of hydrogen-bond acceptors (Lipinski definition) is 0. The van der Waals surface area contributed by atoms with Gasteiger partial charge in [0.2, 0.25) is 0 Å². The molecule has 0 saturated heterocycles. The first-order chi connectivity index (χ1) is 11.0. The molecular weight excluding hydrogens is 290 g/mol. The fourth-order valence-electron chi connectivity index (χ4n) is 1.69. The number of benzene rings is 3. The van der Waals surface area contributed by atoms with Crippen molar-refractivity contribution in [2.75, 3.05) is 0 Å². The minimum absolute atomic E-state index is 0.132. The topological polar surface area (TPSA) is 0 Å². The van der Waals surface area contributed by atoms with E-state index < -0.39 is 0 Å². The number of rotatable bonds is 0. The first kappa shape index (κ1) is 18.6. The molecule has 0 aromatic heterocycles. The van der Waals surface area contributed by atoms with Gasteiger partial charge in [-0.1, -0.05) is 66.2 Å². The Balaban J connectivity index is 0.000000173. The first-order valence-corrected chi connectivity index (χ1v) is 7.44. The molecule has 0 amide bonds. The van der Waals surface area contributed by atoms with E-state index in [9.17, 15) is 8.78 Å². The van der Waals surface area contributed by atoms with Crippen LogP contribution in [-0.4, -0.2) is 0 Å². The van der Waals surface area contributed by atoms with Gasteiger partial charge < -0.3 is 0 Å². The fraction of sp³-hybridized carbons (Fsp3) is 0.143. The molecule has 120 valence electrons. The summed E-state index contributed by atoms with van der Waals surface area (Å²) in [7, 11) is 0. The van der Waals surface area contributed by atoms with Gasteiger partial charge >= 0.3 is 0 Å². The highest BCUT2D eigenvalue weighted by molar-refractivity contribution is 5.15. The Morgan fingerprint density at radius 2 is 1.13 bits per heavy atom. The largest absolute Gasteiger partial charge is 0.207 e. The molecule has 0 bridgehead atoms. The third kappa shape index (κ3) is 8.52. The van der Waals surface area contributed by atoms with Crippen LogP contribution in [0.5, 0.6) is 0 Å². The van der Waals surface area contributed by atoms with Gasteiger partial charge in [-0.25, -0.2) is 8.78 Å². The van der Waals surface area contributed by atoms with Crippen LogP contribution in [0, 0.1) is 32.4 Å². The molecule has 0 atom stereocenters. The van der Waals surface area contributed by atoms with Gasteiger partial charge in [0, 0.05) is 0 Å². The van der Waals surface area contributed by atoms with Gasteiger partial charge in [0.15, 0.2) is 0 Å². The zero-order chi connectivity index (χ0) is 17.1. The van der Waals surface area contributed by atoms with Crippen molar-refractivity contribution >= 4 is 0 Å². The fourth-order valence-corrected chi connectivity index (χ4v) is 1.69. The van der Waals surface area contributed by atoms with Crippen LogP contribution in [0.15, 0.2) is 78.9 Å². The molecule has 0 aliphatic rings. The smallest absolute Gasteiger partial charge is 0.126 e. The predicted molar refractivity (Wildman–Crippen MR) is 93.5 cm³/mol. The molecule has 0 nitrogen and oxygen atoms in total. The monoisotopic (exact) mass is 312 g/mol. The SMILES string of the molecule is Cc1cccc(F)c1.Cc1ccccc1.Cc1ccccc1F. The third-order valence-corrected chi connectivity index (χ3v) is 3.00. The van der Waals surface area contributed by atoms with E-state index in [1.807, 2.05) is 37.3 Å². The van der Waals surface area contributed by atoms with Crippen molar-refractivity contribution in [3.63, 3.8) is 0 Å². The molecule has 0 aliphatic heterocycles. The molecule has 0 saturated carbocycles. The van der Waals surface area contributed by atoms with E-state index in [4.69, 9.17) is 0 Å². The summed E-state index contributed by atoms with van der Waals surface area (Å²) in [4.78, 5) is 0. The molecule has 3 aromatic rings. The average Bonchev–Trinajstić information content (AvgIpc) is 2.52. The summed E-state index contributed by atoms with van der Waals surface area (Å²) < 4.78 is 24.5. The molecule has 23 heavy (non-hydrogen) atoms. The molecular formula is C21H22F2. The van der Waals surface area contributed by atoms with Crippen molar-refractivity contribution in [2.24, 2.45) is 0 Å². The van der Waals surface area contributed by atoms with E-state index in [2.05, 4.69) is 19.1 Å². The van der Waals surface area contributed by atoms with Crippen LogP contribution >= 0.6 is 0 Å². The van der Waals surface area contributed by atoms with Gasteiger partial charge in [0.1, 0.15) is 11.6 Å². The van der Waals surface area contributed by atoms with Crippen molar-refractivity contribution in [2.45, 2.75) is 20.8 Å². The second-order valence-electron chi connectivity index (χ2n) is 5.20. The van der Waals surface area contributed by atoms with Gasteiger partial charge in [0.05, 0.1) is 0 Å². The van der Waals surface area contributed by atoms with E-state index in [0.29, 0.717) is 5.56 Å². The highest BCUT2D eigenvalue weighted by Crippen LogP contribution is 2.02. The molecule has 0 heterocycles. The molecule has 0 unspecified atom stereocenters. The van der Waals surface area contributed by atoms with Gasteiger partial charge in [-0.2, -0.15) is 0 Å². The predicted octanol–water partition coefficient (Wildman–Crippen LogP) is 6.26. The lowest BCUT2D eigenvalue weighted by Gasteiger charge is -1.89. The molecule has 0 N–H and O–H groups in total. The lowest BCUT2D eigenvalue weighted by molar-refractivity contribution is 0.618. The van der Waals surface area contributed by atoms with Gasteiger partial charge in [-0.05, 0) is 50.1 Å². The van der Waals surface area contributed by atoms with E-state index in [0.717, 1.165) is 5.56 Å². The summed E-state index contributed by atoms with van der Waals surface area (Å²) in [6, 6.07) is 23.5. The summed E-state index contributed by atoms with van der Waals surface area (Å²) in [5.74, 6) is -0.294. The van der Waals surface area contributed by atoms with Crippen LogP contribution in [-0.2, 0) is 0 Å². The maximum Gasteiger partial charge on any atom is 0.126 e. The van der Waals surface area contributed by atoms with Crippen LogP contribution in [0.25, 0.3) is 0 Å². The van der Waals surface area contributed by atoms with Crippen molar-refractivity contribution in [1.29, 1.82) is 0 Å². The van der Waals surface area contributed by atoms with Crippen molar-refractivity contribution in [3.8, 4) is 0 Å². The van der Waals surface area contributed by atoms with E-state index in [1.54, 1.807) is 25.1 Å². The third-order valence-electron chi connectivity index (χ3n) is 3.00. The zero-order valence-electron chi connectivity index (χ0n) is 13.8. The Kier molecular flexibility index (Phi) is 8.30. The molecule has 0 aliphatic carbocycles. The first-order valence-electron chi connectivity index (χ1n) is 7.44. The highest BCUT2D eigenvalue weighted by Gasteiger charge is 1.88. The Morgan fingerprint density at radius 3 is 1.48 bits per heavy atom. The van der Waals surface area contributed by atoms with E-state index >= 15 is 0 Å². The second kappa shape index (κ2) is 10.3. The van der Waals surface area contributed by atoms with Crippen molar-refractivity contribution in [1.82, 2.24) is 0 Å². The van der Waals surface area contributed by atoms with Crippen molar-refractivity contribution < 1.29 is 8.78 Å². The number of hydrogen-bond donors (Lipinski definition) is 0. The van der Waals surface area contributed by atoms with Gasteiger partial charge in [-0.3, -0.25) is 0 Å². The lowest BCUT2D eigenvalue weighted by Crippen LogP contribution is -1.76. The van der Waals surface area contributed by atoms with Crippen LogP contribution < -0.4 is 0 Å². The average molecular weight is 312 g/mol. The van der Waals surface area contributed by atoms with Crippen LogP contribution in [0.3, 0.4) is 0 Å². The minimum atomic E-state index is -0.162. The molecule has 3 aromatic carbocycles. The number of aryl methyl sites for hydroxylation is 3. The maximum atomic E-state index is 12.3. The van der Waals surface area contributed by atoms with Crippen molar-refractivity contribution in [3.05, 3.63) is 107 Å². The van der Waals surface area contributed by atoms with Crippen LogP contribution in [0.2, 0.25) is 0 Å². The molecule has 0 spiro atoms. The quantitative estimate of drug-likeness (QED) is 0.459. The standard InChI is InChI=1S/2C7H7F.C7H8/c1-6-3-2-4-7(8)5-6;1-6-4-2-3-5-7(6)8;1-7-5-3-2-4-6-7/h2*2-5H,1H3;2-6H,1H3. The molecule has 0 radical (unpaired) electrons. The highest BCUT2D eigenvalue weighted by atomic mass is 19.1. The normalized spacial score (nSPS) is 9.09. The summed E-state index contributed by atoms with van der Waals surface area (Å²) in [6.07, 6.45) is 0. The Bertz CT molecular complexity index is 653. The lowest BCUT2D eigenvalue weighted by atomic mass is 10.2. The molecule has 2 heteroatoms. The summed E-state index contributed by atoms with van der Waals surface area (Å²) in [6.45, 7) is 5.69. The van der Waals surface area contributed by atoms with E-state index in [1.165, 1.54) is 23.8 Å². The summed E-state index contributed by atoms with van der Waals surface area (Å²) in [5.41, 5.74) is 2.99. The van der Waals surface area contributed by atoms with Gasteiger partial charge in [-0.15, -0.1) is 0 Å². The number of halogens is 2. The Labute approximate surface area is 137 Å². The Morgan fingerprint density at radius 1 is 0.565 bits per heavy atom. The minimum Gasteiger partial charge on any atom is -0.207 e. The second-order valence-corrected chi connectivity index (χ2v) is 5.20. The zero-order valence-corrected chi connectivity index (χ0v) is 13.8. The summed E-state index contributed by atoms with van der Waals surface area (Å²) in [5, 5.41) is 0. The van der Waals surface area contributed by atoms with Crippen LogP contribution in [0.1, 0.15) is 16.7 Å².